The van der Waals surface area contributed by atoms with Crippen LogP contribution in [0, 0.1) is 30.1 Å². The van der Waals surface area contributed by atoms with Gasteiger partial charge in [-0.3, -0.25) is 19.2 Å². The fourth-order valence-electron chi connectivity index (χ4n) is 5.85. The van der Waals surface area contributed by atoms with Gasteiger partial charge in [0.05, 0.1) is 44.4 Å². The lowest BCUT2D eigenvalue weighted by Gasteiger charge is -2.33. The Bertz CT molecular complexity index is 2270. The van der Waals surface area contributed by atoms with Gasteiger partial charge in [-0.15, -0.1) is 11.3 Å². The topological polar surface area (TPSA) is 115 Å². The van der Waals surface area contributed by atoms with Crippen molar-refractivity contribution in [2.75, 3.05) is 33.2 Å². The van der Waals surface area contributed by atoms with Crippen molar-refractivity contribution < 1.29 is 23.1 Å². The minimum Gasteiger partial charge on any atom is -0.478 e. The summed E-state index contributed by atoms with van der Waals surface area (Å²) in [6.45, 7) is 3.58. The number of aromatic nitrogens is 3. The number of likely N-dealkylation sites (N-methyl/N-ethyl adjacent to an activating group) is 1. The Morgan fingerprint density at radius 3 is 2.58 bits per heavy atom. The van der Waals surface area contributed by atoms with E-state index < -0.39 is 23.3 Å². The molecule has 1 aliphatic heterocycles. The quantitative estimate of drug-likeness (QED) is 0.223. The Hall–Kier alpha value is -4.79. The summed E-state index contributed by atoms with van der Waals surface area (Å²) in [6, 6.07) is 9.55. The lowest BCUT2D eigenvalue weighted by Crippen LogP contribution is -2.44. The minimum atomic E-state index is -4.76. The highest BCUT2D eigenvalue weighted by Gasteiger charge is 2.37. The Kier molecular flexibility index (Phi) is 8.98. The highest BCUT2D eigenvalue weighted by atomic mass is 35.5. The number of fused-ring (bicyclic) bond motifs is 2. The van der Waals surface area contributed by atoms with Crippen molar-refractivity contribution >= 4 is 50.0 Å². The molecule has 9 nitrogen and oxygen atoms in total. The normalized spacial score (nSPS) is 14.2. The Labute approximate surface area is 281 Å². The second-order valence-corrected chi connectivity index (χ2v) is 12.7. The molecule has 0 atom stereocenters. The summed E-state index contributed by atoms with van der Waals surface area (Å²) in [5.74, 6) is 5.07. The number of aromatic carboxylic acids is 1. The number of hydrogen-bond acceptors (Lipinski definition) is 8. The Morgan fingerprint density at radius 2 is 1.90 bits per heavy atom. The predicted octanol–water partition coefficient (Wildman–Crippen LogP) is 6.02. The third-order valence-corrected chi connectivity index (χ3v) is 9.60. The van der Waals surface area contributed by atoms with Crippen molar-refractivity contribution in [3.8, 4) is 29.0 Å². The molecule has 2 aromatic carbocycles. The highest BCUT2D eigenvalue weighted by Crippen LogP contribution is 2.38. The van der Waals surface area contributed by atoms with Crippen molar-refractivity contribution in [3.05, 3.63) is 90.9 Å². The molecule has 4 heterocycles. The van der Waals surface area contributed by atoms with Gasteiger partial charge >= 0.3 is 12.1 Å². The van der Waals surface area contributed by atoms with Crippen LogP contribution >= 0.6 is 22.9 Å². The number of carbonyl (C=O) groups is 1. The number of aryl methyl sites for hydroxylation is 1. The number of alkyl halides is 3. The van der Waals surface area contributed by atoms with E-state index >= 15 is 0 Å². The standard InChI is InChI=1S/C34H26ClF3N6O3S/c1-19-41-28-15-27(34(36,37)38)25(17-43-12-10-42(2)11-13-43)24(16-39)29(28)32(45)44(19)9-3-4-20-5-6-21(35)14-23(20)22-7-8-40-30-26(33(46)47)18-48-31(22)30/h5-8,14-15,18H,9-13,17H2,1-2H3,(H,46,47). The third kappa shape index (κ3) is 6.25. The predicted molar refractivity (Wildman–Crippen MR) is 177 cm³/mol. The first-order valence-corrected chi connectivity index (χ1v) is 16.0. The summed E-state index contributed by atoms with van der Waals surface area (Å²) >= 11 is 7.57. The van der Waals surface area contributed by atoms with Crippen LogP contribution in [-0.2, 0) is 19.3 Å². The number of thiophene rings is 1. The molecule has 14 heteroatoms. The number of rotatable bonds is 5. The molecule has 0 bridgehead atoms. The van der Waals surface area contributed by atoms with Crippen molar-refractivity contribution in [1.82, 2.24) is 24.3 Å². The van der Waals surface area contributed by atoms with Crippen LogP contribution in [-0.4, -0.2) is 68.6 Å². The molecule has 0 amide bonds. The maximum Gasteiger partial charge on any atom is 0.416 e. The van der Waals surface area contributed by atoms with E-state index in [0.29, 0.717) is 58.1 Å². The summed E-state index contributed by atoms with van der Waals surface area (Å²) in [6.07, 6.45) is -3.25. The monoisotopic (exact) mass is 690 g/mol. The summed E-state index contributed by atoms with van der Waals surface area (Å²) in [4.78, 5) is 38.1. The molecule has 244 valence electrons. The van der Waals surface area contributed by atoms with Crippen molar-refractivity contribution in [2.24, 2.45) is 0 Å². The molecule has 6 rings (SSSR count). The lowest BCUT2D eigenvalue weighted by atomic mass is 9.96. The number of benzene rings is 2. The average molecular weight is 691 g/mol. The van der Waals surface area contributed by atoms with Gasteiger partial charge in [-0.05, 0) is 49.9 Å². The van der Waals surface area contributed by atoms with E-state index in [-0.39, 0.29) is 46.5 Å². The van der Waals surface area contributed by atoms with Crippen LogP contribution in [0.3, 0.4) is 0 Å². The van der Waals surface area contributed by atoms with Crippen LogP contribution in [0.1, 0.15) is 38.4 Å². The number of halogens is 4. The molecule has 1 aliphatic rings. The summed E-state index contributed by atoms with van der Waals surface area (Å²) in [5.41, 5.74) is -0.158. The van der Waals surface area contributed by atoms with Crippen LogP contribution in [0.25, 0.3) is 32.2 Å². The van der Waals surface area contributed by atoms with Crippen LogP contribution in [0.5, 0.6) is 0 Å². The van der Waals surface area contributed by atoms with E-state index in [9.17, 15) is 33.1 Å². The third-order valence-electron chi connectivity index (χ3n) is 8.36. The van der Waals surface area contributed by atoms with Gasteiger partial charge in [0.15, 0.2) is 0 Å². The van der Waals surface area contributed by atoms with E-state index in [1.165, 1.54) is 34.4 Å². The first kappa shape index (κ1) is 33.1. The highest BCUT2D eigenvalue weighted by molar-refractivity contribution is 7.18. The summed E-state index contributed by atoms with van der Waals surface area (Å²) in [5, 5.41) is 21.5. The molecular formula is C34H26ClF3N6O3S. The molecule has 1 N–H and O–H groups in total. The van der Waals surface area contributed by atoms with E-state index in [1.54, 1.807) is 24.3 Å². The van der Waals surface area contributed by atoms with Gasteiger partial charge in [-0.1, -0.05) is 23.4 Å². The van der Waals surface area contributed by atoms with Crippen molar-refractivity contribution in [3.63, 3.8) is 0 Å². The maximum absolute atomic E-state index is 14.3. The van der Waals surface area contributed by atoms with E-state index in [4.69, 9.17) is 11.6 Å². The number of piperazine rings is 1. The van der Waals surface area contributed by atoms with Crippen molar-refractivity contribution in [2.45, 2.75) is 26.2 Å². The van der Waals surface area contributed by atoms with Crippen LogP contribution < -0.4 is 5.56 Å². The first-order valence-electron chi connectivity index (χ1n) is 14.7. The summed E-state index contributed by atoms with van der Waals surface area (Å²) in [7, 11) is 1.93. The molecule has 3 aromatic heterocycles. The largest absolute Gasteiger partial charge is 0.478 e. The average Bonchev–Trinajstić information content (AvgIpc) is 3.48. The van der Waals surface area contributed by atoms with Gasteiger partial charge in [0.1, 0.15) is 11.9 Å². The molecule has 48 heavy (non-hydrogen) atoms. The SMILES string of the molecule is Cc1nc2cc(C(F)(F)F)c(CN3CCN(C)CC3)c(C#N)c2c(=O)n1CC#Cc1ccc(Cl)cc1-c1ccnc2c(C(=O)O)csc12. The van der Waals surface area contributed by atoms with Gasteiger partial charge in [-0.25, -0.2) is 9.78 Å². The van der Waals surface area contributed by atoms with Gasteiger partial charge in [0.25, 0.3) is 5.56 Å². The van der Waals surface area contributed by atoms with Crippen LogP contribution in [0.15, 0.2) is 46.7 Å². The number of carboxylic acid groups (broad SMARTS) is 1. The molecule has 0 unspecified atom stereocenters. The molecule has 1 fully saturated rings. The number of nitriles is 1. The second-order valence-electron chi connectivity index (χ2n) is 11.4. The van der Waals surface area contributed by atoms with E-state index in [0.717, 1.165) is 6.07 Å². The maximum atomic E-state index is 14.3. The second kappa shape index (κ2) is 13.0. The fraction of sp³-hybridized carbons (Fsp3) is 0.265. The number of pyridine rings is 1. The molecule has 1 saturated heterocycles. The van der Waals surface area contributed by atoms with E-state index in [1.807, 2.05) is 18.0 Å². The summed E-state index contributed by atoms with van der Waals surface area (Å²) < 4.78 is 44.8. The lowest BCUT2D eigenvalue weighted by molar-refractivity contribution is -0.138. The van der Waals surface area contributed by atoms with Crippen LogP contribution in [0.4, 0.5) is 13.2 Å². The first-order chi connectivity index (χ1) is 22.9. The number of carboxylic acids is 1. The zero-order chi connectivity index (χ0) is 34.3. The Morgan fingerprint density at radius 1 is 1.15 bits per heavy atom. The van der Waals surface area contributed by atoms with Crippen molar-refractivity contribution in [1.29, 1.82) is 5.26 Å². The smallest absolute Gasteiger partial charge is 0.416 e. The molecule has 0 radical (unpaired) electrons. The molecule has 0 aliphatic carbocycles. The number of nitrogens with zero attached hydrogens (tertiary/aromatic N) is 6. The number of hydrogen-bond donors (Lipinski definition) is 1. The molecular weight excluding hydrogens is 665 g/mol. The molecule has 0 saturated carbocycles. The van der Waals surface area contributed by atoms with Crippen LogP contribution in [0.2, 0.25) is 5.02 Å². The minimum absolute atomic E-state index is 0.0796. The zero-order valence-electron chi connectivity index (χ0n) is 25.7. The zero-order valence-corrected chi connectivity index (χ0v) is 27.2. The fourth-order valence-corrected chi connectivity index (χ4v) is 7.05. The van der Waals surface area contributed by atoms with Gasteiger partial charge in [0.2, 0.25) is 0 Å². The van der Waals surface area contributed by atoms with E-state index in [2.05, 4.69) is 26.7 Å². The molecule has 5 aromatic rings. The van der Waals surface area contributed by atoms with Gasteiger partial charge < -0.3 is 10.0 Å². The van der Waals surface area contributed by atoms with Gasteiger partial charge in [-0.2, -0.15) is 18.4 Å². The van der Waals surface area contributed by atoms with Gasteiger partial charge in [0, 0.05) is 66.0 Å². The Balaban J connectivity index is 1.43. The molecule has 0 spiro atoms.